The number of hydrogen-bond donors (Lipinski definition) is 1. The van der Waals surface area contributed by atoms with E-state index in [-0.39, 0.29) is 5.56 Å². The molecular weight excluding hydrogens is 238 g/mol. The highest BCUT2D eigenvalue weighted by Crippen LogP contribution is 2.11. The van der Waals surface area contributed by atoms with Crippen molar-refractivity contribution in [3.05, 3.63) is 57.5 Å². The molecule has 0 bridgehead atoms. The lowest BCUT2D eigenvalue weighted by atomic mass is 10.1. The summed E-state index contributed by atoms with van der Waals surface area (Å²) >= 11 is 0. The van der Waals surface area contributed by atoms with E-state index in [0.29, 0.717) is 6.54 Å². The van der Waals surface area contributed by atoms with Crippen LogP contribution in [0.15, 0.2) is 35.3 Å². The first-order valence-corrected chi connectivity index (χ1v) is 6.47. The minimum absolute atomic E-state index is 0.0839. The van der Waals surface area contributed by atoms with E-state index in [0.717, 1.165) is 17.8 Å². The van der Waals surface area contributed by atoms with Crippen LogP contribution < -0.4 is 10.9 Å². The summed E-state index contributed by atoms with van der Waals surface area (Å²) in [5.41, 5.74) is 4.18. The Morgan fingerprint density at radius 3 is 2.74 bits per heavy atom. The highest BCUT2D eigenvalue weighted by molar-refractivity contribution is 5.38. The summed E-state index contributed by atoms with van der Waals surface area (Å²) in [6.07, 6.45) is 1.69. The van der Waals surface area contributed by atoms with Crippen molar-refractivity contribution >= 4 is 5.69 Å². The Labute approximate surface area is 113 Å². The van der Waals surface area contributed by atoms with Gasteiger partial charge in [0.05, 0.1) is 18.4 Å². The van der Waals surface area contributed by atoms with Crippen molar-refractivity contribution in [3.8, 4) is 0 Å². The van der Waals surface area contributed by atoms with E-state index in [1.807, 2.05) is 20.8 Å². The van der Waals surface area contributed by atoms with Gasteiger partial charge in [0, 0.05) is 12.6 Å². The molecule has 100 valence electrons. The van der Waals surface area contributed by atoms with Crippen LogP contribution >= 0.6 is 0 Å². The predicted octanol–water partition coefficient (Wildman–Crippen LogP) is 2.34. The highest BCUT2D eigenvalue weighted by atomic mass is 16.1. The maximum atomic E-state index is 12.0. The molecule has 4 heteroatoms. The molecule has 0 saturated carbocycles. The zero-order valence-electron chi connectivity index (χ0n) is 11.6. The number of anilines is 1. The average Bonchev–Trinajstić information content (AvgIpc) is 2.37. The number of hydrogen-bond acceptors (Lipinski definition) is 3. The fourth-order valence-electron chi connectivity index (χ4n) is 1.99. The molecule has 4 nitrogen and oxygen atoms in total. The van der Waals surface area contributed by atoms with E-state index in [2.05, 4.69) is 28.6 Å². The van der Waals surface area contributed by atoms with Crippen LogP contribution in [-0.4, -0.2) is 16.3 Å². The van der Waals surface area contributed by atoms with Crippen LogP contribution in [0.4, 0.5) is 5.69 Å². The highest BCUT2D eigenvalue weighted by Gasteiger charge is 2.04. The van der Waals surface area contributed by atoms with Gasteiger partial charge in [-0.05, 0) is 31.9 Å². The first kappa shape index (κ1) is 13.3. The van der Waals surface area contributed by atoms with Gasteiger partial charge < -0.3 is 5.32 Å². The number of nitrogens with one attached hydrogen (secondary N) is 1. The van der Waals surface area contributed by atoms with Crippen LogP contribution in [0.2, 0.25) is 0 Å². The van der Waals surface area contributed by atoms with E-state index >= 15 is 0 Å². The van der Waals surface area contributed by atoms with E-state index in [9.17, 15) is 4.79 Å². The molecule has 0 saturated heterocycles. The summed E-state index contributed by atoms with van der Waals surface area (Å²) in [4.78, 5) is 12.0. The molecule has 0 aliphatic heterocycles. The molecule has 2 rings (SSSR count). The minimum atomic E-state index is -0.0839. The Morgan fingerprint density at radius 2 is 2.05 bits per heavy atom. The Bertz CT molecular complexity index is 632. The van der Waals surface area contributed by atoms with E-state index in [1.54, 1.807) is 12.3 Å². The second-order valence-electron chi connectivity index (χ2n) is 4.70. The van der Waals surface area contributed by atoms with Crippen molar-refractivity contribution in [3.63, 3.8) is 0 Å². The van der Waals surface area contributed by atoms with Crippen LogP contribution in [-0.2, 0) is 6.54 Å². The summed E-state index contributed by atoms with van der Waals surface area (Å²) in [6, 6.07) is 7.83. The van der Waals surface area contributed by atoms with Crippen LogP contribution in [0.3, 0.4) is 0 Å². The van der Waals surface area contributed by atoms with Crippen molar-refractivity contribution < 1.29 is 0 Å². The second-order valence-corrected chi connectivity index (χ2v) is 4.70. The van der Waals surface area contributed by atoms with Crippen LogP contribution in [0, 0.1) is 13.8 Å². The lowest BCUT2D eigenvalue weighted by Gasteiger charge is -2.09. The first-order chi connectivity index (χ1) is 9.10. The normalized spacial score (nSPS) is 10.5. The molecular formula is C15H19N3O. The van der Waals surface area contributed by atoms with E-state index < -0.39 is 0 Å². The molecule has 0 fully saturated rings. The molecule has 1 aromatic carbocycles. The topological polar surface area (TPSA) is 46.9 Å². The zero-order chi connectivity index (χ0) is 13.8. The SMILES string of the molecule is CCNc1cnn(Cc2cc(C)ccc2C)c(=O)c1. The van der Waals surface area contributed by atoms with Crippen LogP contribution in [0.5, 0.6) is 0 Å². The fraction of sp³-hybridized carbons (Fsp3) is 0.333. The fourth-order valence-corrected chi connectivity index (χ4v) is 1.99. The van der Waals surface area contributed by atoms with Gasteiger partial charge in [-0.1, -0.05) is 23.8 Å². The predicted molar refractivity (Wildman–Crippen MR) is 77.7 cm³/mol. The smallest absolute Gasteiger partial charge is 0.269 e. The number of benzene rings is 1. The van der Waals surface area contributed by atoms with E-state index in [1.165, 1.54) is 15.8 Å². The maximum absolute atomic E-state index is 12.0. The molecule has 1 N–H and O–H groups in total. The van der Waals surface area contributed by atoms with E-state index in [4.69, 9.17) is 0 Å². The molecule has 0 unspecified atom stereocenters. The van der Waals surface area contributed by atoms with Crippen molar-refractivity contribution in [2.75, 3.05) is 11.9 Å². The van der Waals surface area contributed by atoms with Gasteiger partial charge in [0.15, 0.2) is 0 Å². The molecule has 2 aromatic rings. The molecule has 0 atom stereocenters. The van der Waals surface area contributed by atoms with Crippen molar-refractivity contribution in [2.24, 2.45) is 0 Å². The largest absolute Gasteiger partial charge is 0.384 e. The Hall–Kier alpha value is -2.10. The Morgan fingerprint density at radius 1 is 1.26 bits per heavy atom. The quantitative estimate of drug-likeness (QED) is 0.914. The number of aromatic nitrogens is 2. The average molecular weight is 257 g/mol. The van der Waals surface area contributed by atoms with Gasteiger partial charge in [0.1, 0.15) is 0 Å². The van der Waals surface area contributed by atoms with Gasteiger partial charge in [-0.3, -0.25) is 4.79 Å². The van der Waals surface area contributed by atoms with Crippen molar-refractivity contribution in [1.82, 2.24) is 9.78 Å². The van der Waals surface area contributed by atoms with Crippen molar-refractivity contribution in [1.29, 1.82) is 0 Å². The molecule has 0 spiro atoms. The summed E-state index contributed by atoms with van der Waals surface area (Å²) in [5, 5.41) is 7.29. The lowest BCUT2D eigenvalue weighted by Crippen LogP contribution is -2.23. The number of aryl methyl sites for hydroxylation is 2. The van der Waals surface area contributed by atoms with Gasteiger partial charge in [-0.2, -0.15) is 5.10 Å². The van der Waals surface area contributed by atoms with Gasteiger partial charge >= 0.3 is 0 Å². The third kappa shape index (κ3) is 3.22. The summed E-state index contributed by atoms with van der Waals surface area (Å²) in [6.45, 7) is 7.38. The van der Waals surface area contributed by atoms with Crippen LogP contribution in [0.1, 0.15) is 23.6 Å². The van der Waals surface area contributed by atoms with Gasteiger partial charge in [0.2, 0.25) is 0 Å². The maximum Gasteiger partial charge on any atom is 0.269 e. The molecule has 1 heterocycles. The van der Waals surface area contributed by atoms with Gasteiger partial charge in [-0.25, -0.2) is 4.68 Å². The zero-order valence-corrected chi connectivity index (χ0v) is 11.6. The summed E-state index contributed by atoms with van der Waals surface area (Å²) in [5.74, 6) is 0. The Balaban J connectivity index is 2.28. The Kier molecular flexibility index (Phi) is 4.00. The van der Waals surface area contributed by atoms with Crippen LogP contribution in [0.25, 0.3) is 0 Å². The standard InChI is InChI=1S/C15H19N3O/c1-4-16-14-8-15(19)18(17-9-14)10-13-7-11(2)5-6-12(13)3/h5-9,16H,4,10H2,1-3H3. The summed E-state index contributed by atoms with van der Waals surface area (Å²) < 4.78 is 1.49. The monoisotopic (exact) mass is 257 g/mol. The number of rotatable bonds is 4. The molecule has 0 aliphatic carbocycles. The molecule has 1 aromatic heterocycles. The minimum Gasteiger partial charge on any atom is -0.384 e. The molecule has 19 heavy (non-hydrogen) atoms. The molecule has 0 amide bonds. The van der Waals surface area contributed by atoms with Crippen molar-refractivity contribution in [2.45, 2.75) is 27.3 Å². The summed E-state index contributed by atoms with van der Waals surface area (Å²) in [7, 11) is 0. The lowest BCUT2D eigenvalue weighted by molar-refractivity contribution is 0.637. The molecule has 0 radical (unpaired) electrons. The third-order valence-corrected chi connectivity index (χ3v) is 3.08. The molecule has 0 aliphatic rings. The number of nitrogens with zero attached hydrogens (tertiary/aromatic N) is 2. The first-order valence-electron chi connectivity index (χ1n) is 6.47. The third-order valence-electron chi connectivity index (χ3n) is 3.08. The van der Waals surface area contributed by atoms with Gasteiger partial charge in [-0.15, -0.1) is 0 Å². The van der Waals surface area contributed by atoms with Gasteiger partial charge in [0.25, 0.3) is 5.56 Å². The second kappa shape index (κ2) is 5.69.